The van der Waals surface area contributed by atoms with Crippen molar-refractivity contribution < 1.29 is 9.21 Å². The van der Waals surface area contributed by atoms with Gasteiger partial charge in [0.25, 0.3) is 0 Å². The van der Waals surface area contributed by atoms with E-state index in [9.17, 15) is 4.79 Å². The largest absolute Gasteiger partial charge is 0.465 e. The number of furan rings is 1. The number of hydrogen-bond donors (Lipinski definition) is 1. The highest BCUT2D eigenvalue weighted by molar-refractivity contribution is 5.91. The summed E-state index contributed by atoms with van der Waals surface area (Å²) in [6.45, 7) is 2.78. The van der Waals surface area contributed by atoms with Crippen LogP contribution >= 0.6 is 0 Å². The van der Waals surface area contributed by atoms with E-state index in [4.69, 9.17) is 9.52 Å². The van der Waals surface area contributed by atoms with E-state index in [2.05, 4.69) is 5.32 Å². The minimum atomic E-state index is -0.0693. The first-order chi connectivity index (χ1) is 13.1. The molecule has 0 spiro atoms. The summed E-state index contributed by atoms with van der Waals surface area (Å²) in [5.41, 5.74) is 1.99. The molecule has 0 unspecified atom stereocenters. The van der Waals surface area contributed by atoms with Crippen LogP contribution in [0.4, 0.5) is 5.82 Å². The van der Waals surface area contributed by atoms with Crippen LogP contribution in [-0.4, -0.2) is 34.2 Å². The van der Waals surface area contributed by atoms with E-state index in [0.29, 0.717) is 12.5 Å². The first kappa shape index (κ1) is 17.5. The molecule has 1 amide bonds. The number of anilines is 1. The van der Waals surface area contributed by atoms with Gasteiger partial charge in [-0.15, -0.1) is 0 Å². The van der Waals surface area contributed by atoms with Crippen molar-refractivity contribution in [2.24, 2.45) is 0 Å². The van der Waals surface area contributed by atoms with E-state index in [-0.39, 0.29) is 12.5 Å². The van der Waals surface area contributed by atoms with Gasteiger partial charge < -0.3 is 9.73 Å². The smallest absolute Gasteiger partial charge is 0.239 e. The van der Waals surface area contributed by atoms with Crippen LogP contribution in [0.2, 0.25) is 0 Å². The summed E-state index contributed by atoms with van der Waals surface area (Å²) in [5, 5.41) is 7.74. The number of nitrogens with zero attached hydrogens (tertiary/aromatic N) is 3. The molecule has 1 aliphatic carbocycles. The topological polar surface area (TPSA) is 63.3 Å². The lowest BCUT2D eigenvalue weighted by atomic mass is 10.3. The maximum atomic E-state index is 12.6. The fourth-order valence-electron chi connectivity index (χ4n) is 3.15. The Morgan fingerprint density at radius 1 is 1.26 bits per heavy atom. The van der Waals surface area contributed by atoms with Crippen molar-refractivity contribution in [1.82, 2.24) is 14.7 Å². The van der Waals surface area contributed by atoms with E-state index in [1.807, 2.05) is 72.1 Å². The highest BCUT2D eigenvalue weighted by atomic mass is 16.3. The van der Waals surface area contributed by atoms with E-state index in [1.165, 1.54) is 12.8 Å². The molecule has 2 aromatic heterocycles. The molecule has 6 heteroatoms. The Kier molecular flexibility index (Phi) is 4.81. The molecule has 0 bridgehead atoms. The molecule has 1 aliphatic rings. The molecule has 27 heavy (non-hydrogen) atoms. The highest BCUT2D eigenvalue weighted by Gasteiger charge is 2.28. The number of hydrogen-bond acceptors (Lipinski definition) is 4. The van der Waals surface area contributed by atoms with Crippen LogP contribution in [0, 0.1) is 6.92 Å². The fourth-order valence-corrected chi connectivity index (χ4v) is 3.15. The second kappa shape index (κ2) is 7.40. The van der Waals surface area contributed by atoms with Gasteiger partial charge in [-0.05, 0) is 51.1 Å². The van der Waals surface area contributed by atoms with Gasteiger partial charge in [0.1, 0.15) is 17.3 Å². The van der Waals surface area contributed by atoms with Crippen LogP contribution in [0.25, 0.3) is 5.69 Å². The summed E-state index contributed by atoms with van der Waals surface area (Å²) in [5.74, 6) is 2.90. The summed E-state index contributed by atoms with van der Waals surface area (Å²) in [7, 11) is 1.90. The molecule has 0 radical (unpaired) electrons. The minimum absolute atomic E-state index is 0.0693. The molecule has 1 saturated carbocycles. The molecule has 6 nitrogen and oxygen atoms in total. The van der Waals surface area contributed by atoms with Gasteiger partial charge in [0, 0.05) is 12.0 Å². The van der Waals surface area contributed by atoms with Crippen LogP contribution in [0.5, 0.6) is 0 Å². The Labute approximate surface area is 158 Å². The fraction of sp³-hybridized carbons (Fsp3) is 0.333. The number of likely N-dealkylation sites (N-methyl/N-ethyl adjacent to an activating group) is 1. The summed E-state index contributed by atoms with van der Waals surface area (Å²) in [6, 6.07) is 15.8. The number of benzene rings is 1. The number of aromatic nitrogens is 2. The van der Waals surface area contributed by atoms with Crippen molar-refractivity contribution in [3.05, 3.63) is 65.7 Å². The Hall–Kier alpha value is -2.86. The summed E-state index contributed by atoms with van der Waals surface area (Å²) in [4.78, 5) is 14.5. The van der Waals surface area contributed by atoms with Gasteiger partial charge in [-0.2, -0.15) is 5.10 Å². The lowest BCUT2D eigenvalue weighted by Gasteiger charge is -2.15. The van der Waals surface area contributed by atoms with Crippen molar-refractivity contribution in [3.63, 3.8) is 0 Å². The van der Waals surface area contributed by atoms with Crippen LogP contribution in [-0.2, 0) is 11.3 Å². The lowest BCUT2D eigenvalue weighted by Crippen LogP contribution is -2.30. The third-order valence-electron chi connectivity index (χ3n) is 4.63. The molecule has 0 atom stereocenters. The molecule has 0 saturated heterocycles. The molecule has 1 aromatic carbocycles. The van der Waals surface area contributed by atoms with Crippen molar-refractivity contribution in [2.75, 3.05) is 18.9 Å². The van der Waals surface area contributed by atoms with Crippen LogP contribution in [0.1, 0.15) is 36.0 Å². The van der Waals surface area contributed by atoms with E-state index >= 15 is 0 Å². The van der Waals surface area contributed by atoms with Crippen molar-refractivity contribution >= 4 is 11.7 Å². The zero-order valence-corrected chi connectivity index (χ0v) is 15.7. The third-order valence-corrected chi connectivity index (χ3v) is 4.63. The summed E-state index contributed by atoms with van der Waals surface area (Å²) >= 11 is 0. The first-order valence-electron chi connectivity index (χ1n) is 9.27. The van der Waals surface area contributed by atoms with Crippen LogP contribution in [0.15, 0.2) is 52.9 Å². The van der Waals surface area contributed by atoms with E-state index in [1.54, 1.807) is 0 Å². The second-order valence-electron chi connectivity index (χ2n) is 7.21. The number of aryl methyl sites for hydroxylation is 1. The monoisotopic (exact) mass is 364 g/mol. The van der Waals surface area contributed by atoms with E-state index < -0.39 is 0 Å². The lowest BCUT2D eigenvalue weighted by molar-refractivity contribution is -0.117. The van der Waals surface area contributed by atoms with Gasteiger partial charge in [-0.25, -0.2) is 4.68 Å². The number of rotatable bonds is 7. The molecule has 1 N–H and O–H groups in total. The minimum Gasteiger partial charge on any atom is -0.465 e. The first-order valence-corrected chi connectivity index (χ1v) is 9.27. The number of carbonyl (C=O) groups excluding carboxylic acids is 1. The van der Waals surface area contributed by atoms with E-state index in [0.717, 1.165) is 28.7 Å². The van der Waals surface area contributed by atoms with Gasteiger partial charge in [-0.1, -0.05) is 18.2 Å². The van der Waals surface area contributed by atoms with Crippen molar-refractivity contribution in [2.45, 2.75) is 32.2 Å². The molecule has 0 aliphatic heterocycles. The van der Waals surface area contributed by atoms with Crippen LogP contribution < -0.4 is 5.32 Å². The molecule has 1 fully saturated rings. The Balaban J connectivity index is 1.45. The molecular weight excluding hydrogens is 340 g/mol. The van der Waals surface area contributed by atoms with Crippen LogP contribution in [0.3, 0.4) is 0 Å². The maximum Gasteiger partial charge on any atom is 0.239 e. The Morgan fingerprint density at radius 2 is 2.04 bits per heavy atom. The molecular formula is C21H24N4O2. The molecule has 2 heterocycles. The number of amides is 1. The zero-order chi connectivity index (χ0) is 18.8. The molecule has 140 valence electrons. The summed E-state index contributed by atoms with van der Waals surface area (Å²) in [6.07, 6.45) is 2.34. The number of para-hydroxylation sites is 1. The molecule has 3 aromatic rings. The van der Waals surface area contributed by atoms with Gasteiger partial charge in [-0.3, -0.25) is 9.69 Å². The standard InChI is InChI=1S/C21H24N4O2/c1-15-8-11-18(27-15)13-24(2)14-21(26)22-20-12-19(16-9-10-16)23-25(20)17-6-4-3-5-7-17/h3-8,11-12,16H,9-10,13-14H2,1-2H3,(H,22,26). The average molecular weight is 364 g/mol. The third kappa shape index (κ3) is 4.28. The Morgan fingerprint density at radius 3 is 2.70 bits per heavy atom. The highest BCUT2D eigenvalue weighted by Crippen LogP contribution is 2.40. The average Bonchev–Trinajstić information content (AvgIpc) is 3.29. The quantitative estimate of drug-likeness (QED) is 0.694. The predicted molar refractivity (Wildman–Crippen MR) is 104 cm³/mol. The van der Waals surface area contributed by atoms with Gasteiger partial charge in [0.05, 0.1) is 24.5 Å². The normalized spacial score (nSPS) is 13.9. The molecule has 4 rings (SSSR count). The van der Waals surface area contributed by atoms with Gasteiger partial charge >= 0.3 is 0 Å². The maximum absolute atomic E-state index is 12.6. The van der Waals surface area contributed by atoms with Crippen molar-refractivity contribution in [3.8, 4) is 5.69 Å². The van der Waals surface area contributed by atoms with Crippen molar-refractivity contribution in [1.29, 1.82) is 0 Å². The second-order valence-corrected chi connectivity index (χ2v) is 7.21. The Bertz CT molecular complexity index is 925. The van der Waals surface area contributed by atoms with Gasteiger partial charge in [0.2, 0.25) is 5.91 Å². The SMILES string of the molecule is Cc1ccc(CN(C)CC(=O)Nc2cc(C3CC3)nn2-c2ccccc2)o1. The zero-order valence-electron chi connectivity index (χ0n) is 15.7. The number of nitrogens with one attached hydrogen (secondary N) is 1. The predicted octanol–water partition coefficient (Wildman–Crippen LogP) is 3.72. The van der Waals surface area contributed by atoms with Gasteiger partial charge in [0.15, 0.2) is 0 Å². The summed E-state index contributed by atoms with van der Waals surface area (Å²) < 4.78 is 7.40. The number of carbonyl (C=O) groups is 1.